The minimum Gasteiger partial charge on any atom is -0.452 e. The Labute approximate surface area is 159 Å². The number of hydrogen-bond acceptors (Lipinski definition) is 3. The summed E-state index contributed by atoms with van der Waals surface area (Å²) in [5.74, 6) is -0.717. The molecule has 4 heteroatoms. The van der Waals surface area contributed by atoms with Gasteiger partial charge in [0.25, 0.3) is 5.91 Å². The monoisotopic (exact) mass is 361 g/mol. The lowest BCUT2D eigenvalue weighted by molar-refractivity contribution is -0.121. The normalized spacial score (nSPS) is 10.6. The van der Waals surface area contributed by atoms with Crippen LogP contribution in [0.2, 0.25) is 0 Å². The molecule has 0 aromatic heterocycles. The molecule has 4 nitrogen and oxygen atoms in total. The van der Waals surface area contributed by atoms with Gasteiger partial charge in [0.15, 0.2) is 6.61 Å². The van der Waals surface area contributed by atoms with Gasteiger partial charge < -0.3 is 9.64 Å². The van der Waals surface area contributed by atoms with Crippen LogP contribution in [0.15, 0.2) is 60.7 Å². The average Bonchev–Trinajstić information content (AvgIpc) is 2.69. The number of ether oxygens (including phenoxy) is 1. The molecule has 0 radical (unpaired) electrons. The summed E-state index contributed by atoms with van der Waals surface area (Å²) >= 11 is 0. The molecular weight excluding hydrogens is 338 g/mol. The Kier molecular flexibility index (Phi) is 5.55. The zero-order valence-corrected chi connectivity index (χ0v) is 15.9. The molecule has 27 heavy (non-hydrogen) atoms. The number of aryl methyl sites for hydroxylation is 1. The van der Waals surface area contributed by atoms with E-state index in [0.29, 0.717) is 12.1 Å². The number of likely N-dealkylation sites (N-methyl/N-ethyl adjacent to an activating group) is 1. The molecule has 1 amide bonds. The van der Waals surface area contributed by atoms with Gasteiger partial charge in [0.2, 0.25) is 0 Å². The number of carbonyl (C=O) groups excluding carboxylic acids is 2. The Bertz CT molecular complexity index is 989. The molecule has 138 valence electrons. The molecule has 0 N–H and O–H groups in total. The highest BCUT2D eigenvalue weighted by Gasteiger charge is 2.19. The van der Waals surface area contributed by atoms with Gasteiger partial charge in [0, 0.05) is 11.9 Å². The zero-order chi connectivity index (χ0) is 19.4. The van der Waals surface area contributed by atoms with Crippen molar-refractivity contribution in [2.75, 3.05) is 18.1 Å². The van der Waals surface area contributed by atoms with Crippen LogP contribution in [-0.4, -0.2) is 25.0 Å². The largest absolute Gasteiger partial charge is 0.452 e. The molecular formula is C23H23NO3. The summed E-state index contributed by atoms with van der Waals surface area (Å²) in [6, 6.07) is 19.2. The number of fused-ring (bicyclic) bond motifs is 1. The van der Waals surface area contributed by atoms with Gasteiger partial charge in [-0.05, 0) is 49.4 Å². The predicted octanol–water partition coefficient (Wildman–Crippen LogP) is 4.67. The summed E-state index contributed by atoms with van der Waals surface area (Å²) in [6.45, 7) is 5.93. The fraction of sp³-hybridized carbons (Fsp3) is 0.217. The van der Waals surface area contributed by atoms with E-state index in [-0.39, 0.29) is 12.5 Å². The fourth-order valence-electron chi connectivity index (χ4n) is 3.18. The zero-order valence-electron chi connectivity index (χ0n) is 15.9. The highest BCUT2D eigenvalue weighted by atomic mass is 16.5. The van der Waals surface area contributed by atoms with E-state index in [2.05, 4.69) is 0 Å². The first kappa shape index (κ1) is 18.6. The van der Waals surface area contributed by atoms with E-state index in [1.807, 2.05) is 75.4 Å². The Morgan fingerprint density at radius 2 is 1.63 bits per heavy atom. The Morgan fingerprint density at radius 3 is 2.41 bits per heavy atom. The lowest BCUT2D eigenvalue weighted by Crippen LogP contribution is -2.34. The molecule has 0 saturated heterocycles. The molecule has 3 aromatic rings. The lowest BCUT2D eigenvalue weighted by atomic mass is 10.0. The van der Waals surface area contributed by atoms with Crippen molar-refractivity contribution in [2.24, 2.45) is 0 Å². The number of rotatable bonds is 5. The molecule has 0 aliphatic carbocycles. The quantitative estimate of drug-likeness (QED) is 0.621. The molecule has 0 saturated carbocycles. The maximum absolute atomic E-state index is 12.8. The highest BCUT2D eigenvalue weighted by molar-refractivity contribution is 6.04. The van der Waals surface area contributed by atoms with Crippen molar-refractivity contribution in [1.29, 1.82) is 0 Å². The fourth-order valence-corrected chi connectivity index (χ4v) is 3.18. The van der Waals surface area contributed by atoms with Crippen LogP contribution < -0.4 is 4.90 Å². The van der Waals surface area contributed by atoms with E-state index in [1.54, 1.807) is 11.0 Å². The number of carbonyl (C=O) groups is 2. The van der Waals surface area contributed by atoms with Gasteiger partial charge in [0.1, 0.15) is 0 Å². The van der Waals surface area contributed by atoms with Gasteiger partial charge in [-0.3, -0.25) is 4.79 Å². The van der Waals surface area contributed by atoms with Gasteiger partial charge in [-0.1, -0.05) is 48.5 Å². The van der Waals surface area contributed by atoms with Gasteiger partial charge in [-0.15, -0.1) is 0 Å². The number of hydrogen-bond donors (Lipinski definition) is 0. The molecule has 0 unspecified atom stereocenters. The van der Waals surface area contributed by atoms with Gasteiger partial charge in [0.05, 0.1) is 11.3 Å². The minimum atomic E-state index is -0.474. The highest BCUT2D eigenvalue weighted by Crippen LogP contribution is 2.26. The van der Waals surface area contributed by atoms with Gasteiger partial charge in [-0.25, -0.2) is 4.79 Å². The first-order valence-corrected chi connectivity index (χ1v) is 9.04. The van der Waals surface area contributed by atoms with Crippen molar-refractivity contribution in [3.63, 3.8) is 0 Å². The summed E-state index contributed by atoms with van der Waals surface area (Å²) in [5.41, 5.74) is 3.21. The number of benzene rings is 3. The van der Waals surface area contributed by atoms with E-state index in [9.17, 15) is 9.59 Å². The SMILES string of the molecule is CCN(C(=O)COC(=O)c1cccc(C)c1C)c1cccc2ccccc12. The standard InChI is InChI=1S/C23H23NO3/c1-4-24(21-14-8-11-18-10-5-6-12-20(18)21)22(25)15-27-23(26)19-13-7-9-16(2)17(19)3/h5-14H,4,15H2,1-3H3. The Hall–Kier alpha value is -3.14. The van der Waals surface area contributed by atoms with Crippen LogP contribution in [0.5, 0.6) is 0 Å². The first-order chi connectivity index (χ1) is 13.0. The van der Waals surface area contributed by atoms with Gasteiger partial charge >= 0.3 is 5.97 Å². The van der Waals surface area contributed by atoms with Crippen molar-refractivity contribution in [1.82, 2.24) is 0 Å². The Morgan fingerprint density at radius 1 is 0.926 bits per heavy atom. The first-order valence-electron chi connectivity index (χ1n) is 9.04. The summed E-state index contributed by atoms with van der Waals surface area (Å²) in [7, 11) is 0. The minimum absolute atomic E-state index is 0.243. The van der Waals surface area contributed by atoms with Crippen molar-refractivity contribution in [3.8, 4) is 0 Å². The van der Waals surface area contributed by atoms with Crippen LogP contribution in [0, 0.1) is 13.8 Å². The summed E-state index contributed by atoms with van der Waals surface area (Å²) in [5, 5.41) is 2.06. The van der Waals surface area contributed by atoms with E-state index in [1.165, 1.54) is 0 Å². The summed E-state index contributed by atoms with van der Waals surface area (Å²) in [6.07, 6.45) is 0. The third kappa shape index (κ3) is 3.85. The van der Waals surface area contributed by atoms with Crippen molar-refractivity contribution in [2.45, 2.75) is 20.8 Å². The average molecular weight is 361 g/mol. The van der Waals surface area contributed by atoms with Crippen LogP contribution >= 0.6 is 0 Å². The molecule has 0 atom stereocenters. The second kappa shape index (κ2) is 8.04. The van der Waals surface area contributed by atoms with Crippen LogP contribution in [0.3, 0.4) is 0 Å². The topological polar surface area (TPSA) is 46.6 Å². The maximum atomic E-state index is 12.8. The molecule has 0 heterocycles. The molecule has 0 aliphatic heterocycles. The molecule has 0 fully saturated rings. The van der Waals surface area contributed by atoms with Crippen LogP contribution in [0.1, 0.15) is 28.4 Å². The second-order valence-electron chi connectivity index (χ2n) is 6.46. The van der Waals surface area contributed by atoms with Crippen LogP contribution in [0.25, 0.3) is 10.8 Å². The van der Waals surface area contributed by atoms with Crippen molar-refractivity contribution < 1.29 is 14.3 Å². The summed E-state index contributed by atoms with van der Waals surface area (Å²) < 4.78 is 5.31. The number of esters is 1. The van der Waals surface area contributed by atoms with Crippen LogP contribution in [-0.2, 0) is 9.53 Å². The molecule has 3 rings (SSSR count). The Balaban J connectivity index is 1.78. The number of nitrogens with zero attached hydrogens (tertiary/aromatic N) is 1. The van der Waals surface area contributed by atoms with Crippen molar-refractivity contribution in [3.05, 3.63) is 77.4 Å². The van der Waals surface area contributed by atoms with Gasteiger partial charge in [-0.2, -0.15) is 0 Å². The number of amides is 1. The number of anilines is 1. The molecule has 3 aromatic carbocycles. The molecule has 0 bridgehead atoms. The maximum Gasteiger partial charge on any atom is 0.338 e. The van der Waals surface area contributed by atoms with E-state index in [4.69, 9.17) is 4.74 Å². The molecule has 0 spiro atoms. The van der Waals surface area contributed by atoms with Crippen molar-refractivity contribution >= 4 is 28.3 Å². The predicted molar refractivity (Wildman–Crippen MR) is 108 cm³/mol. The van der Waals surface area contributed by atoms with E-state index in [0.717, 1.165) is 27.6 Å². The third-order valence-electron chi connectivity index (χ3n) is 4.83. The molecule has 0 aliphatic rings. The second-order valence-corrected chi connectivity index (χ2v) is 6.46. The smallest absolute Gasteiger partial charge is 0.338 e. The van der Waals surface area contributed by atoms with E-state index >= 15 is 0 Å². The van der Waals surface area contributed by atoms with Crippen LogP contribution in [0.4, 0.5) is 5.69 Å². The van der Waals surface area contributed by atoms with E-state index < -0.39 is 5.97 Å². The lowest BCUT2D eigenvalue weighted by Gasteiger charge is -2.22. The summed E-state index contributed by atoms with van der Waals surface area (Å²) in [4.78, 5) is 26.8. The third-order valence-corrected chi connectivity index (χ3v) is 4.83.